The summed E-state index contributed by atoms with van der Waals surface area (Å²) in [7, 11) is 0. The van der Waals surface area contributed by atoms with Crippen LogP contribution in [0.1, 0.15) is 13.8 Å². The first-order chi connectivity index (χ1) is 6.13. The Morgan fingerprint density at radius 1 is 1.69 bits per heavy atom. The van der Waals surface area contributed by atoms with E-state index < -0.39 is 0 Å². The summed E-state index contributed by atoms with van der Waals surface area (Å²) in [5.41, 5.74) is 0. The van der Waals surface area contributed by atoms with Gasteiger partial charge in [0.15, 0.2) is 5.13 Å². The van der Waals surface area contributed by atoms with E-state index in [1.165, 1.54) is 11.3 Å². The number of anilines is 1. The molecule has 0 amide bonds. The van der Waals surface area contributed by atoms with Crippen LogP contribution in [0.4, 0.5) is 5.13 Å². The number of nitrogens with zero attached hydrogens (tertiary/aromatic N) is 1. The second-order valence-electron chi connectivity index (χ2n) is 3.07. The van der Waals surface area contributed by atoms with Gasteiger partial charge in [-0.05, 0) is 12.8 Å². The van der Waals surface area contributed by atoms with Gasteiger partial charge in [0.1, 0.15) is 5.15 Å². The normalized spacial score (nSPS) is 15.4. The molecule has 74 valence electrons. The molecule has 0 saturated heterocycles. The first-order valence-corrected chi connectivity index (χ1v) is 5.37. The number of nitrogens with one attached hydrogen (secondary N) is 1. The van der Waals surface area contributed by atoms with Crippen molar-refractivity contribution in [3.05, 3.63) is 10.5 Å². The molecule has 0 aliphatic heterocycles. The molecule has 1 aromatic rings. The third-order valence-corrected chi connectivity index (χ3v) is 3.07. The van der Waals surface area contributed by atoms with Crippen LogP contribution in [0, 0.1) is 5.92 Å². The average molecular weight is 221 g/mol. The molecule has 3 nitrogen and oxygen atoms in total. The van der Waals surface area contributed by atoms with E-state index in [9.17, 15) is 0 Å². The monoisotopic (exact) mass is 220 g/mol. The van der Waals surface area contributed by atoms with Crippen LogP contribution in [0.3, 0.4) is 0 Å². The smallest absolute Gasteiger partial charge is 0.184 e. The van der Waals surface area contributed by atoms with E-state index in [-0.39, 0.29) is 18.6 Å². The Bertz CT molecular complexity index is 266. The molecule has 0 radical (unpaired) electrons. The molecule has 1 aromatic heterocycles. The van der Waals surface area contributed by atoms with Gasteiger partial charge in [0.25, 0.3) is 0 Å². The highest BCUT2D eigenvalue weighted by molar-refractivity contribution is 7.14. The predicted molar refractivity (Wildman–Crippen MR) is 56.5 cm³/mol. The number of hydrogen-bond donors (Lipinski definition) is 2. The molecule has 1 heterocycles. The third kappa shape index (κ3) is 3.14. The maximum Gasteiger partial charge on any atom is 0.184 e. The molecule has 0 aromatic carbocycles. The second kappa shape index (κ2) is 4.79. The summed E-state index contributed by atoms with van der Waals surface area (Å²) >= 11 is 7.14. The molecule has 0 spiro atoms. The van der Waals surface area contributed by atoms with Crippen LogP contribution in [0.25, 0.3) is 0 Å². The lowest BCUT2D eigenvalue weighted by Gasteiger charge is -2.18. The average Bonchev–Trinajstić information content (AvgIpc) is 2.49. The largest absolute Gasteiger partial charge is 0.396 e. The Hall–Kier alpha value is -0.320. The third-order valence-electron chi connectivity index (χ3n) is 1.97. The fourth-order valence-electron chi connectivity index (χ4n) is 0.816. The summed E-state index contributed by atoms with van der Waals surface area (Å²) in [5, 5.41) is 15.2. The number of aliphatic hydroxyl groups excluding tert-OH is 1. The van der Waals surface area contributed by atoms with Crippen LogP contribution in [0.2, 0.25) is 5.15 Å². The molecular formula is C8H13ClN2OS. The molecule has 0 fully saturated rings. The molecule has 2 unspecified atom stereocenters. The Morgan fingerprint density at radius 3 is 2.85 bits per heavy atom. The molecule has 13 heavy (non-hydrogen) atoms. The van der Waals surface area contributed by atoms with Crippen molar-refractivity contribution in [2.75, 3.05) is 11.9 Å². The standard InChI is InChI=1S/C8H13ClN2OS/c1-5(3-12)6(2)10-8-11-7(9)4-13-8/h4-6,12H,3H2,1-2H3,(H,10,11). The molecule has 0 aliphatic carbocycles. The second-order valence-corrected chi connectivity index (χ2v) is 4.31. The molecule has 2 atom stereocenters. The number of hydrogen-bond acceptors (Lipinski definition) is 4. The first-order valence-electron chi connectivity index (χ1n) is 4.12. The van der Waals surface area contributed by atoms with Crippen LogP contribution in [0.15, 0.2) is 5.38 Å². The summed E-state index contributed by atoms with van der Waals surface area (Å²) < 4.78 is 0. The van der Waals surface area contributed by atoms with Gasteiger partial charge >= 0.3 is 0 Å². The van der Waals surface area contributed by atoms with E-state index in [4.69, 9.17) is 16.7 Å². The quantitative estimate of drug-likeness (QED) is 0.818. The van der Waals surface area contributed by atoms with Gasteiger partial charge in [-0.25, -0.2) is 4.98 Å². The number of aliphatic hydroxyl groups is 1. The summed E-state index contributed by atoms with van der Waals surface area (Å²) in [6.07, 6.45) is 0. The van der Waals surface area contributed by atoms with E-state index in [1.807, 2.05) is 13.8 Å². The van der Waals surface area contributed by atoms with Crippen molar-refractivity contribution in [3.8, 4) is 0 Å². The Labute approximate surface area is 86.8 Å². The number of thiazole rings is 1. The van der Waals surface area contributed by atoms with Crippen molar-refractivity contribution in [2.45, 2.75) is 19.9 Å². The van der Waals surface area contributed by atoms with Crippen molar-refractivity contribution in [2.24, 2.45) is 5.92 Å². The van der Waals surface area contributed by atoms with E-state index >= 15 is 0 Å². The summed E-state index contributed by atoms with van der Waals surface area (Å²) in [6, 6.07) is 0.201. The van der Waals surface area contributed by atoms with Gasteiger partial charge in [0.05, 0.1) is 0 Å². The van der Waals surface area contributed by atoms with Gasteiger partial charge < -0.3 is 10.4 Å². The lowest BCUT2D eigenvalue weighted by atomic mass is 10.1. The minimum Gasteiger partial charge on any atom is -0.396 e. The minimum atomic E-state index is 0.174. The van der Waals surface area contributed by atoms with Crippen LogP contribution < -0.4 is 5.32 Å². The number of halogens is 1. The molecular weight excluding hydrogens is 208 g/mol. The fourth-order valence-corrected chi connectivity index (χ4v) is 1.75. The zero-order valence-electron chi connectivity index (χ0n) is 7.62. The van der Waals surface area contributed by atoms with Crippen LogP contribution in [-0.4, -0.2) is 22.7 Å². The zero-order chi connectivity index (χ0) is 9.84. The molecule has 5 heteroatoms. The number of aromatic nitrogens is 1. The zero-order valence-corrected chi connectivity index (χ0v) is 9.19. The molecule has 1 rings (SSSR count). The molecule has 0 bridgehead atoms. The van der Waals surface area contributed by atoms with Crippen LogP contribution in [0.5, 0.6) is 0 Å². The summed E-state index contributed by atoms with van der Waals surface area (Å²) in [6.45, 7) is 4.16. The van der Waals surface area contributed by atoms with Crippen molar-refractivity contribution >= 4 is 28.1 Å². The fraction of sp³-hybridized carbons (Fsp3) is 0.625. The van der Waals surface area contributed by atoms with Crippen molar-refractivity contribution < 1.29 is 5.11 Å². The van der Waals surface area contributed by atoms with Crippen LogP contribution >= 0.6 is 22.9 Å². The van der Waals surface area contributed by atoms with Crippen molar-refractivity contribution in [3.63, 3.8) is 0 Å². The Morgan fingerprint density at radius 2 is 2.38 bits per heavy atom. The van der Waals surface area contributed by atoms with Gasteiger partial charge in [-0.1, -0.05) is 18.5 Å². The topological polar surface area (TPSA) is 45.1 Å². The van der Waals surface area contributed by atoms with E-state index in [2.05, 4.69) is 10.3 Å². The molecule has 2 N–H and O–H groups in total. The number of rotatable bonds is 4. The summed E-state index contributed by atoms with van der Waals surface area (Å²) in [4.78, 5) is 4.06. The Kier molecular flexibility index (Phi) is 3.96. The SMILES string of the molecule is CC(CO)C(C)Nc1nc(Cl)cs1. The van der Waals surface area contributed by atoms with E-state index in [0.29, 0.717) is 5.15 Å². The van der Waals surface area contributed by atoms with Gasteiger partial charge in [0.2, 0.25) is 0 Å². The first kappa shape index (κ1) is 10.8. The van der Waals surface area contributed by atoms with Gasteiger partial charge in [0, 0.05) is 18.0 Å². The molecule has 0 saturated carbocycles. The summed E-state index contributed by atoms with van der Waals surface area (Å²) in [5.74, 6) is 0.211. The van der Waals surface area contributed by atoms with Gasteiger partial charge in [-0.2, -0.15) is 0 Å². The van der Waals surface area contributed by atoms with Crippen molar-refractivity contribution in [1.82, 2.24) is 4.98 Å². The predicted octanol–water partition coefficient (Wildman–Crippen LogP) is 2.23. The van der Waals surface area contributed by atoms with E-state index in [0.717, 1.165) is 5.13 Å². The van der Waals surface area contributed by atoms with Crippen molar-refractivity contribution in [1.29, 1.82) is 0 Å². The lowest BCUT2D eigenvalue weighted by Crippen LogP contribution is -2.26. The highest BCUT2D eigenvalue weighted by Gasteiger charge is 2.11. The van der Waals surface area contributed by atoms with E-state index in [1.54, 1.807) is 5.38 Å². The lowest BCUT2D eigenvalue weighted by molar-refractivity contribution is 0.226. The maximum atomic E-state index is 8.91. The highest BCUT2D eigenvalue weighted by Crippen LogP contribution is 2.20. The van der Waals surface area contributed by atoms with Gasteiger partial charge in [-0.15, -0.1) is 11.3 Å². The highest BCUT2D eigenvalue weighted by atomic mass is 35.5. The Balaban J connectivity index is 2.49. The minimum absolute atomic E-state index is 0.174. The van der Waals surface area contributed by atoms with Gasteiger partial charge in [-0.3, -0.25) is 0 Å². The molecule has 0 aliphatic rings. The van der Waals surface area contributed by atoms with Crippen LogP contribution in [-0.2, 0) is 0 Å². The maximum absolute atomic E-state index is 8.91.